The van der Waals surface area contributed by atoms with E-state index in [2.05, 4.69) is 55.3 Å². The molecule has 3 aromatic rings. The minimum Gasteiger partial charge on any atom is -0.439 e. The van der Waals surface area contributed by atoms with Gasteiger partial charge in [0.25, 0.3) is 0 Å². The third-order valence-corrected chi connectivity index (χ3v) is 3.65. The topological polar surface area (TPSA) is 34.1 Å². The summed E-state index contributed by atoms with van der Waals surface area (Å²) in [6, 6.07) is 18.7. The molecule has 0 fully saturated rings. The van der Waals surface area contributed by atoms with E-state index in [0.29, 0.717) is 11.9 Å². The largest absolute Gasteiger partial charge is 0.439 e. The maximum atomic E-state index is 5.91. The van der Waals surface area contributed by atoms with Gasteiger partial charge in [-0.05, 0) is 56.2 Å². The van der Waals surface area contributed by atoms with Crippen LogP contribution in [-0.4, -0.2) is 11.0 Å². The van der Waals surface area contributed by atoms with Crippen LogP contribution < -0.4 is 10.1 Å². The molecule has 0 unspecified atom stereocenters. The third-order valence-electron chi connectivity index (χ3n) is 3.65. The second kappa shape index (κ2) is 6.69. The number of nitrogens with one attached hydrogen (secondary N) is 1. The van der Waals surface area contributed by atoms with Crippen LogP contribution in [0.4, 0.5) is 5.69 Å². The average molecular weight is 306 g/mol. The van der Waals surface area contributed by atoms with Gasteiger partial charge in [-0.2, -0.15) is 0 Å². The van der Waals surface area contributed by atoms with Crippen LogP contribution in [0.25, 0.3) is 10.9 Å². The first-order valence-corrected chi connectivity index (χ1v) is 8.08. The maximum Gasteiger partial charge on any atom is 0.219 e. The number of pyridine rings is 1. The first kappa shape index (κ1) is 15.3. The van der Waals surface area contributed by atoms with Gasteiger partial charge in [-0.25, -0.2) is 4.98 Å². The number of fused-ring (bicyclic) bond motifs is 1. The van der Waals surface area contributed by atoms with Crippen molar-refractivity contribution >= 4 is 16.6 Å². The van der Waals surface area contributed by atoms with Crippen molar-refractivity contribution in [2.75, 3.05) is 5.32 Å². The zero-order chi connectivity index (χ0) is 16.2. The highest BCUT2D eigenvalue weighted by atomic mass is 16.5. The van der Waals surface area contributed by atoms with Crippen LogP contribution in [0.1, 0.15) is 26.3 Å². The van der Waals surface area contributed by atoms with Crippen LogP contribution >= 0.6 is 0 Å². The second-order valence-electron chi connectivity index (χ2n) is 5.96. The highest BCUT2D eigenvalue weighted by molar-refractivity contribution is 5.79. The lowest BCUT2D eigenvalue weighted by molar-refractivity contribution is 0.465. The van der Waals surface area contributed by atoms with E-state index in [0.717, 1.165) is 28.8 Å². The molecule has 3 nitrogen and oxygen atoms in total. The predicted octanol–water partition coefficient (Wildman–Crippen LogP) is 5.41. The number of hydrogen-bond donors (Lipinski definition) is 1. The number of nitrogens with zero attached hydrogens (tertiary/aromatic N) is 1. The molecule has 0 aliphatic heterocycles. The molecular formula is C20H22N2O. The van der Waals surface area contributed by atoms with E-state index >= 15 is 0 Å². The second-order valence-corrected chi connectivity index (χ2v) is 5.96. The van der Waals surface area contributed by atoms with Crippen molar-refractivity contribution in [1.29, 1.82) is 0 Å². The summed E-state index contributed by atoms with van der Waals surface area (Å²) in [6.45, 7) is 6.39. The van der Waals surface area contributed by atoms with Gasteiger partial charge in [-0.1, -0.05) is 19.1 Å². The number of aryl methyl sites for hydroxylation is 1. The van der Waals surface area contributed by atoms with E-state index in [1.807, 2.05) is 30.3 Å². The Morgan fingerprint density at radius 3 is 2.70 bits per heavy atom. The van der Waals surface area contributed by atoms with Gasteiger partial charge >= 0.3 is 0 Å². The van der Waals surface area contributed by atoms with Gasteiger partial charge < -0.3 is 10.1 Å². The Morgan fingerprint density at radius 1 is 1.04 bits per heavy atom. The summed E-state index contributed by atoms with van der Waals surface area (Å²) in [5.41, 5.74) is 3.32. The Hall–Kier alpha value is -2.55. The van der Waals surface area contributed by atoms with Gasteiger partial charge in [-0.15, -0.1) is 0 Å². The molecule has 0 spiro atoms. The summed E-state index contributed by atoms with van der Waals surface area (Å²) in [5, 5.41) is 4.52. The van der Waals surface area contributed by atoms with Crippen LogP contribution in [0.5, 0.6) is 11.6 Å². The fraction of sp³-hybridized carbons (Fsp3) is 0.250. The molecule has 0 aliphatic carbocycles. The van der Waals surface area contributed by atoms with E-state index in [1.165, 1.54) is 5.56 Å². The number of rotatable bonds is 5. The van der Waals surface area contributed by atoms with Crippen LogP contribution in [0.2, 0.25) is 0 Å². The molecule has 0 bridgehead atoms. The molecule has 0 amide bonds. The summed E-state index contributed by atoms with van der Waals surface area (Å²) < 4.78 is 5.91. The highest BCUT2D eigenvalue weighted by Gasteiger charge is 2.03. The van der Waals surface area contributed by atoms with Crippen molar-refractivity contribution in [3.8, 4) is 11.6 Å². The average Bonchev–Trinajstić information content (AvgIpc) is 2.54. The molecular weight excluding hydrogens is 284 g/mol. The molecule has 0 atom stereocenters. The van der Waals surface area contributed by atoms with Crippen molar-refractivity contribution in [3.05, 3.63) is 60.2 Å². The Labute approximate surface area is 137 Å². The molecule has 0 radical (unpaired) electrons. The van der Waals surface area contributed by atoms with Gasteiger partial charge in [0.15, 0.2) is 0 Å². The van der Waals surface area contributed by atoms with E-state index in [1.54, 1.807) is 0 Å². The van der Waals surface area contributed by atoms with Gasteiger partial charge in [0.2, 0.25) is 5.88 Å². The number of benzene rings is 2. The van der Waals surface area contributed by atoms with E-state index in [-0.39, 0.29) is 0 Å². The molecule has 0 saturated heterocycles. The number of hydrogen-bond acceptors (Lipinski definition) is 3. The van der Waals surface area contributed by atoms with Crippen molar-refractivity contribution < 1.29 is 4.74 Å². The van der Waals surface area contributed by atoms with Crippen LogP contribution in [-0.2, 0) is 6.42 Å². The normalized spacial score (nSPS) is 11.0. The van der Waals surface area contributed by atoms with E-state index in [4.69, 9.17) is 4.74 Å². The number of anilines is 1. The highest BCUT2D eigenvalue weighted by Crippen LogP contribution is 2.25. The Bertz CT molecular complexity index is 812. The monoisotopic (exact) mass is 306 g/mol. The molecule has 0 saturated carbocycles. The first-order chi connectivity index (χ1) is 11.1. The van der Waals surface area contributed by atoms with E-state index in [9.17, 15) is 0 Å². The number of aromatic nitrogens is 1. The maximum absolute atomic E-state index is 5.91. The Morgan fingerprint density at radius 2 is 1.91 bits per heavy atom. The predicted molar refractivity (Wildman–Crippen MR) is 96.4 cm³/mol. The minimum absolute atomic E-state index is 0.386. The number of ether oxygens (including phenoxy) is 1. The molecule has 2 aromatic carbocycles. The Balaban J connectivity index is 1.83. The van der Waals surface area contributed by atoms with Crippen molar-refractivity contribution in [1.82, 2.24) is 4.98 Å². The fourth-order valence-corrected chi connectivity index (χ4v) is 2.54. The lowest BCUT2D eigenvalue weighted by Crippen LogP contribution is -2.09. The molecule has 1 N–H and O–H groups in total. The first-order valence-electron chi connectivity index (χ1n) is 8.08. The molecule has 118 valence electrons. The van der Waals surface area contributed by atoms with Gasteiger partial charge in [0.05, 0.1) is 5.52 Å². The SMILES string of the molecule is CCc1ccc2nc(Oc3cccc(NC(C)C)c3)ccc2c1. The molecule has 3 rings (SSSR count). The van der Waals surface area contributed by atoms with Crippen molar-refractivity contribution in [2.24, 2.45) is 0 Å². The van der Waals surface area contributed by atoms with Gasteiger partial charge in [0.1, 0.15) is 5.75 Å². The summed E-state index contributed by atoms with van der Waals surface area (Å²) >= 11 is 0. The van der Waals surface area contributed by atoms with E-state index < -0.39 is 0 Å². The lowest BCUT2D eigenvalue weighted by atomic mass is 10.1. The van der Waals surface area contributed by atoms with Crippen LogP contribution in [0.15, 0.2) is 54.6 Å². The molecule has 1 aromatic heterocycles. The summed E-state index contributed by atoms with van der Waals surface area (Å²) in [7, 11) is 0. The van der Waals surface area contributed by atoms with Crippen LogP contribution in [0.3, 0.4) is 0 Å². The standard InChI is InChI=1S/C20H22N2O/c1-4-15-8-10-19-16(12-15)9-11-20(22-19)23-18-7-5-6-17(13-18)21-14(2)3/h5-14,21H,4H2,1-3H3. The Kier molecular flexibility index (Phi) is 4.47. The summed E-state index contributed by atoms with van der Waals surface area (Å²) in [4.78, 5) is 4.59. The minimum atomic E-state index is 0.386. The van der Waals surface area contributed by atoms with Gasteiger partial charge in [-0.3, -0.25) is 0 Å². The van der Waals surface area contributed by atoms with Crippen molar-refractivity contribution in [2.45, 2.75) is 33.2 Å². The quantitative estimate of drug-likeness (QED) is 0.684. The lowest BCUT2D eigenvalue weighted by Gasteiger charge is -2.12. The molecule has 0 aliphatic rings. The third kappa shape index (κ3) is 3.81. The smallest absolute Gasteiger partial charge is 0.219 e. The van der Waals surface area contributed by atoms with Gasteiger partial charge in [0, 0.05) is 29.2 Å². The van der Waals surface area contributed by atoms with Crippen molar-refractivity contribution in [3.63, 3.8) is 0 Å². The molecule has 3 heteroatoms. The summed E-state index contributed by atoms with van der Waals surface area (Å²) in [6.07, 6.45) is 1.03. The molecule has 1 heterocycles. The zero-order valence-corrected chi connectivity index (χ0v) is 13.8. The summed E-state index contributed by atoms with van der Waals surface area (Å²) in [5.74, 6) is 1.40. The van der Waals surface area contributed by atoms with Crippen LogP contribution in [0, 0.1) is 0 Å². The molecule has 23 heavy (non-hydrogen) atoms. The fourth-order valence-electron chi connectivity index (χ4n) is 2.54. The zero-order valence-electron chi connectivity index (χ0n) is 13.8.